The summed E-state index contributed by atoms with van der Waals surface area (Å²) in [6, 6.07) is 3.83. The van der Waals surface area contributed by atoms with E-state index in [1.807, 2.05) is 30.1 Å². The summed E-state index contributed by atoms with van der Waals surface area (Å²) in [5, 5.41) is 10.1. The molecule has 1 aliphatic rings. The van der Waals surface area contributed by atoms with Crippen molar-refractivity contribution in [1.82, 2.24) is 20.4 Å². The van der Waals surface area contributed by atoms with E-state index in [1.165, 1.54) is 18.4 Å². The van der Waals surface area contributed by atoms with Gasteiger partial charge in [-0.05, 0) is 52.4 Å². The first-order valence-electron chi connectivity index (χ1n) is 6.90. The van der Waals surface area contributed by atoms with Crippen LogP contribution in [0.5, 0.6) is 0 Å². The zero-order chi connectivity index (χ0) is 14.8. The van der Waals surface area contributed by atoms with Gasteiger partial charge >= 0.3 is 6.03 Å². The maximum atomic E-state index is 11.9. The largest absolute Gasteiger partial charge is 0.333 e. The summed E-state index contributed by atoms with van der Waals surface area (Å²) in [6.45, 7) is 1.06. The highest BCUT2D eigenvalue weighted by Gasteiger charge is 2.28. The van der Waals surface area contributed by atoms with E-state index in [-0.39, 0.29) is 6.03 Å². The average molecular weight is 369 g/mol. The van der Waals surface area contributed by atoms with Gasteiger partial charge in [0.1, 0.15) is 0 Å². The molecule has 112 valence electrons. The molecule has 0 atom stereocenters. The average Bonchev–Trinajstić information content (AvgIpc) is 3.12. The highest BCUT2D eigenvalue weighted by molar-refractivity contribution is 9.11. The van der Waals surface area contributed by atoms with E-state index in [0.29, 0.717) is 19.0 Å². The van der Waals surface area contributed by atoms with Crippen molar-refractivity contribution in [2.75, 3.05) is 0 Å². The van der Waals surface area contributed by atoms with Gasteiger partial charge in [0.25, 0.3) is 0 Å². The Morgan fingerprint density at radius 3 is 2.86 bits per heavy atom. The van der Waals surface area contributed by atoms with Gasteiger partial charge in [0.2, 0.25) is 0 Å². The maximum Gasteiger partial charge on any atom is 0.315 e. The molecule has 1 fully saturated rings. The lowest BCUT2D eigenvalue weighted by molar-refractivity contribution is 0.240. The molecular weight excluding hydrogens is 352 g/mol. The van der Waals surface area contributed by atoms with E-state index in [9.17, 15) is 4.79 Å². The number of hydrogen-bond acceptors (Lipinski definition) is 3. The smallest absolute Gasteiger partial charge is 0.315 e. The summed E-state index contributed by atoms with van der Waals surface area (Å²) in [6.07, 6.45) is 4.39. The van der Waals surface area contributed by atoms with Gasteiger partial charge in [-0.2, -0.15) is 5.10 Å². The molecule has 0 aliphatic heterocycles. The minimum atomic E-state index is -0.150. The molecule has 21 heavy (non-hydrogen) atoms. The number of aryl methyl sites for hydroxylation is 1. The van der Waals surface area contributed by atoms with Gasteiger partial charge in [0.05, 0.1) is 28.8 Å². The Kier molecular flexibility index (Phi) is 4.30. The summed E-state index contributed by atoms with van der Waals surface area (Å²) in [4.78, 5) is 13.0. The van der Waals surface area contributed by atoms with Crippen LogP contribution >= 0.6 is 27.3 Å². The number of halogens is 1. The minimum Gasteiger partial charge on any atom is -0.333 e. The van der Waals surface area contributed by atoms with Gasteiger partial charge in [0, 0.05) is 11.9 Å². The Labute approximate surface area is 135 Å². The molecule has 2 heterocycles. The first-order valence-corrected chi connectivity index (χ1v) is 8.51. The summed E-state index contributed by atoms with van der Waals surface area (Å²) < 4.78 is 2.92. The molecule has 3 rings (SSSR count). The second-order valence-electron chi connectivity index (χ2n) is 5.19. The third kappa shape index (κ3) is 3.65. The number of rotatable bonds is 5. The van der Waals surface area contributed by atoms with Crippen molar-refractivity contribution in [2.24, 2.45) is 7.05 Å². The van der Waals surface area contributed by atoms with Crippen molar-refractivity contribution >= 4 is 33.3 Å². The van der Waals surface area contributed by atoms with Gasteiger partial charge in [-0.1, -0.05) is 0 Å². The minimum absolute atomic E-state index is 0.150. The predicted molar refractivity (Wildman–Crippen MR) is 86.3 cm³/mol. The number of hydrogen-bond donors (Lipinski definition) is 2. The van der Waals surface area contributed by atoms with Crippen molar-refractivity contribution in [1.29, 1.82) is 0 Å². The van der Waals surface area contributed by atoms with Gasteiger partial charge in [-0.25, -0.2) is 4.79 Å². The number of aromatic nitrogens is 2. The topological polar surface area (TPSA) is 59.0 Å². The predicted octanol–water partition coefficient (Wildman–Crippen LogP) is 3.12. The Balaban J connectivity index is 1.50. The zero-order valence-corrected chi connectivity index (χ0v) is 14.1. The molecule has 0 spiro atoms. The van der Waals surface area contributed by atoms with E-state index < -0.39 is 0 Å². The SMILES string of the molecule is Cn1ncc(C2CC2)c1CNC(=O)NCc1ccc(Br)s1. The molecule has 1 aliphatic carbocycles. The van der Waals surface area contributed by atoms with Crippen molar-refractivity contribution in [3.63, 3.8) is 0 Å². The van der Waals surface area contributed by atoms with Crippen LogP contribution in [-0.4, -0.2) is 15.8 Å². The lowest BCUT2D eigenvalue weighted by Crippen LogP contribution is -2.35. The molecule has 0 bridgehead atoms. The molecular formula is C14H17BrN4OS. The summed E-state index contributed by atoms with van der Waals surface area (Å²) in [7, 11) is 1.92. The van der Waals surface area contributed by atoms with E-state index in [4.69, 9.17) is 0 Å². The van der Waals surface area contributed by atoms with Crippen LogP contribution < -0.4 is 10.6 Å². The van der Waals surface area contributed by atoms with Gasteiger partial charge in [-0.15, -0.1) is 11.3 Å². The second kappa shape index (κ2) is 6.19. The fourth-order valence-corrected chi connectivity index (χ4v) is 3.70. The molecule has 2 aromatic rings. The summed E-state index contributed by atoms with van der Waals surface area (Å²) in [5.41, 5.74) is 2.38. The zero-order valence-electron chi connectivity index (χ0n) is 11.7. The Morgan fingerprint density at radius 2 is 2.19 bits per heavy atom. The van der Waals surface area contributed by atoms with Crippen LogP contribution in [0.15, 0.2) is 22.1 Å². The Hall–Kier alpha value is -1.34. The van der Waals surface area contributed by atoms with Crippen molar-refractivity contribution in [2.45, 2.75) is 31.8 Å². The molecule has 0 aromatic carbocycles. The van der Waals surface area contributed by atoms with Gasteiger partial charge in [0.15, 0.2) is 0 Å². The fraction of sp³-hybridized carbons (Fsp3) is 0.429. The van der Waals surface area contributed by atoms with Crippen LogP contribution in [0.25, 0.3) is 0 Å². The number of carbonyl (C=O) groups excluding carboxylic acids is 1. The van der Waals surface area contributed by atoms with Crippen LogP contribution in [0.1, 0.15) is 34.9 Å². The van der Waals surface area contributed by atoms with E-state index in [2.05, 4.69) is 31.7 Å². The molecule has 7 heteroatoms. The van der Waals surface area contributed by atoms with Crippen LogP contribution in [0.4, 0.5) is 4.79 Å². The van der Waals surface area contributed by atoms with Crippen LogP contribution in [0, 0.1) is 0 Å². The molecule has 0 saturated heterocycles. The monoisotopic (exact) mass is 368 g/mol. The van der Waals surface area contributed by atoms with Crippen molar-refractivity contribution in [3.05, 3.63) is 38.3 Å². The van der Waals surface area contributed by atoms with Gasteiger partial charge < -0.3 is 10.6 Å². The number of carbonyl (C=O) groups is 1. The molecule has 2 N–H and O–H groups in total. The van der Waals surface area contributed by atoms with Crippen molar-refractivity contribution < 1.29 is 4.79 Å². The fourth-order valence-electron chi connectivity index (χ4n) is 2.27. The molecule has 2 aromatic heterocycles. The quantitative estimate of drug-likeness (QED) is 0.851. The lowest BCUT2D eigenvalue weighted by atomic mass is 10.1. The molecule has 0 radical (unpaired) electrons. The van der Waals surface area contributed by atoms with E-state index in [1.54, 1.807) is 11.3 Å². The highest BCUT2D eigenvalue weighted by Crippen LogP contribution is 2.41. The lowest BCUT2D eigenvalue weighted by Gasteiger charge is -2.09. The molecule has 5 nitrogen and oxygen atoms in total. The first-order chi connectivity index (χ1) is 10.1. The number of amides is 2. The maximum absolute atomic E-state index is 11.9. The Morgan fingerprint density at radius 1 is 1.43 bits per heavy atom. The number of nitrogens with zero attached hydrogens (tertiary/aromatic N) is 2. The first kappa shape index (κ1) is 14.6. The molecule has 1 saturated carbocycles. The van der Waals surface area contributed by atoms with Crippen LogP contribution in [0.3, 0.4) is 0 Å². The van der Waals surface area contributed by atoms with E-state index in [0.717, 1.165) is 14.4 Å². The number of nitrogens with one attached hydrogen (secondary N) is 2. The third-order valence-electron chi connectivity index (χ3n) is 3.58. The van der Waals surface area contributed by atoms with Gasteiger partial charge in [-0.3, -0.25) is 4.68 Å². The summed E-state index contributed by atoms with van der Waals surface area (Å²) in [5.74, 6) is 0.641. The van der Waals surface area contributed by atoms with Crippen LogP contribution in [-0.2, 0) is 20.1 Å². The summed E-state index contributed by atoms with van der Waals surface area (Å²) >= 11 is 5.03. The van der Waals surface area contributed by atoms with E-state index >= 15 is 0 Å². The molecule has 2 amide bonds. The standard InChI is InChI=1S/C14H17BrN4OS/c1-19-12(11(7-18-19)9-2-3-9)8-17-14(20)16-6-10-4-5-13(15)21-10/h4-5,7,9H,2-3,6,8H2,1H3,(H2,16,17,20). The highest BCUT2D eigenvalue weighted by atomic mass is 79.9. The Bertz CT molecular complexity index is 647. The van der Waals surface area contributed by atoms with Crippen LogP contribution in [0.2, 0.25) is 0 Å². The normalized spacial score (nSPS) is 14.2. The van der Waals surface area contributed by atoms with Crippen molar-refractivity contribution in [3.8, 4) is 0 Å². The molecule has 0 unspecified atom stereocenters. The second-order valence-corrected chi connectivity index (χ2v) is 7.73. The number of thiophene rings is 1. The number of urea groups is 1. The third-order valence-corrected chi connectivity index (χ3v) is 5.20.